The summed E-state index contributed by atoms with van der Waals surface area (Å²) in [6, 6.07) is 0. The van der Waals surface area contributed by atoms with E-state index in [-0.39, 0.29) is 24.9 Å². The molecule has 3 aliphatic rings. The van der Waals surface area contributed by atoms with Gasteiger partial charge in [0.25, 0.3) is 0 Å². The number of rotatable bonds is 5. The second kappa shape index (κ2) is 11.8. The van der Waals surface area contributed by atoms with Crippen molar-refractivity contribution < 1.29 is 45.4 Å². The Morgan fingerprint density at radius 1 is 1.10 bits per heavy atom. The first-order valence-electron chi connectivity index (χ1n) is 13.1. The summed E-state index contributed by atoms with van der Waals surface area (Å²) in [5.41, 5.74) is -1.60. The smallest absolute Gasteiger partial charge is 0.450 e. The number of piperidine rings is 1. The minimum Gasteiger partial charge on any atom is -0.458 e. The van der Waals surface area contributed by atoms with Crippen molar-refractivity contribution in [1.29, 1.82) is 0 Å². The van der Waals surface area contributed by atoms with Crippen molar-refractivity contribution in [1.82, 2.24) is 4.90 Å². The predicted molar refractivity (Wildman–Crippen MR) is 135 cm³/mol. The van der Waals surface area contributed by atoms with E-state index in [1.807, 2.05) is 31.1 Å². The van der Waals surface area contributed by atoms with Gasteiger partial charge in [0.1, 0.15) is 6.10 Å². The fraction of sp³-hybridized carbons (Fsp3) is 0.586. The van der Waals surface area contributed by atoms with E-state index in [1.54, 1.807) is 0 Å². The normalized spacial score (nSPS) is 25.7. The molecular weight excluding hydrogens is 540 g/mol. The Hall–Kier alpha value is -3.16. The highest BCUT2D eigenvalue weighted by molar-refractivity contribution is 5.67. The molecule has 1 aliphatic carbocycles. The van der Waals surface area contributed by atoms with Crippen LogP contribution in [0.4, 0.5) is 26.3 Å². The molecule has 0 aromatic rings. The van der Waals surface area contributed by atoms with Crippen LogP contribution in [0.2, 0.25) is 0 Å². The van der Waals surface area contributed by atoms with Gasteiger partial charge in [0.2, 0.25) is 0 Å². The minimum atomic E-state index is -5.96. The molecule has 0 bridgehead atoms. The summed E-state index contributed by atoms with van der Waals surface area (Å²) in [6.07, 6.45) is -1.60. The fourth-order valence-electron chi connectivity index (χ4n) is 5.60. The van der Waals surface area contributed by atoms with Gasteiger partial charge in [0.05, 0.1) is 5.54 Å². The molecule has 3 rings (SSSR count). The molecule has 220 valence electrons. The zero-order valence-electron chi connectivity index (χ0n) is 22.7. The van der Waals surface area contributed by atoms with Crippen LogP contribution in [-0.2, 0) is 19.1 Å². The maximum absolute atomic E-state index is 13.4. The van der Waals surface area contributed by atoms with Gasteiger partial charge in [-0.2, -0.15) is 26.3 Å². The van der Waals surface area contributed by atoms with E-state index in [4.69, 9.17) is 4.74 Å². The number of carbonyl (C=O) groups excluding carboxylic acids is 2. The van der Waals surface area contributed by atoms with E-state index in [0.717, 1.165) is 60.9 Å². The third-order valence-corrected chi connectivity index (χ3v) is 7.63. The molecule has 0 unspecified atom stereocenters. The fourth-order valence-corrected chi connectivity index (χ4v) is 5.60. The molecule has 2 aliphatic heterocycles. The second-order valence-corrected chi connectivity index (χ2v) is 10.4. The Kier molecular flexibility index (Phi) is 9.22. The molecule has 2 fully saturated rings. The lowest BCUT2D eigenvalue weighted by atomic mass is 9.81. The number of hydrogen-bond donors (Lipinski definition) is 0. The quantitative estimate of drug-likeness (QED) is 0.156. The van der Waals surface area contributed by atoms with Gasteiger partial charge in [-0.25, -0.2) is 0 Å². The van der Waals surface area contributed by atoms with Crippen LogP contribution in [0.25, 0.3) is 0 Å². The number of ether oxygens (including phenoxy) is 2. The lowest BCUT2D eigenvalue weighted by Crippen LogP contribution is -2.58. The number of halogens is 6. The van der Waals surface area contributed by atoms with E-state index >= 15 is 0 Å². The summed E-state index contributed by atoms with van der Waals surface area (Å²) in [5, 5.41) is 0. The Balaban J connectivity index is 1.75. The van der Waals surface area contributed by atoms with Crippen molar-refractivity contribution in [2.45, 2.75) is 102 Å². The van der Waals surface area contributed by atoms with Gasteiger partial charge in [-0.05, 0) is 80.6 Å². The molecule has 0 amide bonds. The van der Waals surface area contributed by atoms with Gasteiger partial charge in [-0.1, -0.05) is 24.7 Å². The summed E-state index contributed by atoms with van der Waals surface area (Å²) in [6.45, 7) is 8.50. The molecule has 5 nitrogen and oxygen atoms in total. The molecule has 0 aromatic heterocycles. The number of nitrogens with zero attached hydrogens (tertiary/aromatic N) is 1. The van der Waals surface area contributed by atoms with Crippen LogP contribution in [0.5, 0.6) is 0 Å². The van der Waals surface area contributed by atoms with Crippen LogP contribution < -0.4 is 0 Å². The van der Waals surface area contributed by atoms with Gasteiger partial charge in [0, 0.05) is 32.5 Å². The average molecular weight is 574 g/mol. The van der Waals surface area contributed by atoms with E-state index < -0.39 is 29.5 Å². The largest absolute Gasteiger partial charge is 0.458 e. The standard InChI is InChI=1S/C29H33F6NO4/c1-19-22(9-7-12-25(19)39-20(2)37)13-14-24-11-8-16-26(4)23(15-18-36(24)26)10-5-6-17-27(28(30,31)32,29(33,34)35)40-21(3)38/h13-15,25H,1,5,7-12,16,18H2,2-4H3/b22-13-,24-14+/t25-,26+/m0/s1. The zero-order chi connectivity index (χ0) is 29.9. The molecule has 0 radical (unpaired) electrons. The number of fused-ring (bicyclic) bond motifs is 1. The van der Waals surface area contributed by atoms with Gasteiger partial charge >= 0.3 is 29.9 Å². The highest BCUT2D eigenvalue weighted by atomic mass is 19.4. The lowest BCUT2D eigenvalue weighted by molar-refractivity contribution is -0.345. The summed E-state index contributed by atoms with van der Waals surface area (Å²) >= 11 is 0. The Morgan fingerprint density at radius 3 is 2.38 bits per heavy atom. The highest BCUT2D eigenvalue weighted by Gasteiger charge is 2.74. The van der Waals surface area contributed by atoms with Crippen molar-refractivity contribution in [2.75, 3.05) is 6.54 Å². The van der Waals surface area contributed by atoms with Gasteiger partial charge < -0.3 is 14.4 Å². The monoisotopic (exact) mass is 573 g/mol. The Labute approximate surface area is 229 Å². The van der Waals surface area contributed by atoms with E-state index in [0.29, 0.717) is 13.5 Å². The molecule has 1 saturated carbocycles. The van der Waals surface area contributed by atoms with Crippen LogP contribution in [0.1, 0.15) is 72.1 Å². The Bertz CT molecular complexity index is 1170. The second-order valence-electron chi connectivity index (χ2n) is 10.4. The molecular formula is C29H33F6NO4. The molecule has 11 heteroatoms. The molecule has 1 saturated heterocycles. The number of allylic oxidation sites excluding steroid dienone is 3. The molecule has 0 spiro atoms. The van der Waals surface area contributed by atoms with Crippen molar-refractivity contribution in [3.05, 3.63) is 47.2 Å². The molecule has 40 heavy (non-hydrogen) atoms. The third-order valence-electron chi connectivity index (χ3n) is 7.63. The first kappa shape index (κ1) is 31.4. The van der Waals surface area contributed by atoms with Crippen LogP contribution >= 0.6 is 0 Å². The zero-order valence-corrected chi connectivity index (χ0v) is 22.7. The van der Waals surface area contributed by atoms with E-state index in [9.17, 15) is 35.9 Å². The average Bonchev–Trinajstić information content (AvgIpc) is 3.16. The molecule has 2 atom stereocenters. The number of carbonyl (C=O) groups is 2. The molecule has 2 heterocycles. The van der Waals surface area contributed by atoms with Crippen LogP contribution in [0.3, 0.4) is 0 Å². The SMILES string of the molecule is C=C1/C(=C\C=C2/CCC[C@]3(C)C(CCC#CC(OC(C)=O)(C(F)(F)F)C(F)(F)F)=CCN23)CCC[C@@H]1OC(C)=O. The van der Waals surface area contributed by atoms with Crippen molar-refractivity contribution in [2.24, 2.45) is 0 Å². The van der Waals surface area contributed by atoms with Crippen molar-refractivity contribution in [3.8, 4) is 11.8 Å². The minimum absolute atomic E-state index is 0.168. The van der Waals surface area contributed by atoms with Gasteiger partial charge in [-0.3, -0.25) is 9.59 Å². The Morgan fingerprint density at radius 2 is 1.77 bits per heavy atom. The number of esters is 2. The molecule has 0 N–H and O–H groups in total. The number of hydrogen-bond acceptors (Lipinski definition) is 5. The predicted octanol–water partition coefficient (Wildman–Crippen LogP) is 6.86. The maximum Gasteiger partial charge on any atom is 0.450 e. The van der Waals surface area contributed by atoms with E-state index in [2.05, 4.69) is 16.2 Å². The van der Waals surface area contributed by atoms with Crippen molar-refractivity contribution in [3.63, 3.8) is 0 Å². The topological polar surface area (TPSA) is 55.8 Å². The van der Waals surface area contributed by atoms with Gasteiger partial charge in [0.15, 0.2) is 0 Å². The van der Waals surface area contributed by atoms with Crippen LogP contribution in [0, 0.1) is 11.8 Å². The highest BCUT2D eigenvalue weighted by Crippen LogP contribution is 2.47. The van der Waals surface area contributed by atoms with E-state index in [1.165, 1.54) is 12.8 Å². The number of alkyl halides is 6. The third kappa shape index (κ3) is 6.42. The summed E-state index contributed by atoms with van der Waals surface area (Å²) in [5.74, 6) is 1.09. The first-order valence-corrected chi connectivity index (χ1v) is 13.1. The van der Waals surface area contributed by atoms with Crippen LogP contribution in [-0.4, -0.2) is 53.0 Å². The maximum atomic E-state index is 13.4. The molecule has 0 aromatic carbocycles. The first-order chi connectivity index (χ1) is 18.5. The lowest BCUT2D eigenvalue weighted by Gasteiger charge is -2.45. The van der Waals surface area contributed by atoms with Gasteiger partial charge in [-0.15, -0.1) is 0 Å². The van der Waals surface area contributed by atoms with Crippen LogP contribution in [0.15, 0.2) is 47.2 Å². The summed E-state index contributed by atoms with van der Waals surface area (Å²) in [7, 11) is 0. The van der Waals surface area contributed by atoms with Crippen molar-refractivity contribution >= 4 is 11.9 Å². The summed E-state index contributed by atoms with van der Waals surface area (Å²) < 4.78 is 89.7. The summed E-state index contributed by atoms with van der Waals surface area (Å²) in [4.78, 5) is 24.7.